The summed E-state index contributed by atoms with van der Waals surface area (Å²) < 4.78 is 5.39. The van der Waals surface area contributed by atoms with E-state index < -0.39 is 0 Å². The number of rotatable bonds is 7. The summed E-state index contributed by atoms with van der Waals surface area (Å²) in [4.78, 5) is 0. The van der Waals surface area contributed by atoms with Gasteiger partial charge in [-0.1, -0.05) is 20.8 Å². The average Bonchev–Trinajstić information content (AvgIpc) is 2.11. The smallest absolute Gasteiger partial charge is 0.0669 e. The second-order valence-electron chi connectivity index (χ2n) is 6.90. The summed E-state index contributed by atoms with van der Waals surface area (Å²) >= 11 is 0. The molecule has 3 heteroatoms. The van der Waals surface area contributed by atoms with Gasteiger partial charge in [-0.05, 0) is 39.0 Å². The minimum atomic E-state index is -0.275. The van der Waals surface area contributed by atoms with Gasteiger partial charge in [-0.3, -0.25) is 0 Å². The van der Waals surface area contributed by atoms with Gasteiger partial charge in [0.2, 0.25) is 0 Å². The number of aliphatic hydroxyl groups excluding tert-OH is 1. The summed E-state index contributed by atoms with van der Waals surface area (Å²) in [5.74, 6) is 0. The largest absolute Gasteiger partial charge is 0.392 e. The van der Waals surface area contributed by atoms with Crippen LogP contribution in [0.1, 0.15) is 54.4 Å². The van der Waals surface area contributed by atoms with Gasteiger partial charge in [0.05, 0.1) is 11.7 Å². The van der Waals surface area contributed by atoms with Gasteiger partial charge < -0.3 is 15.2 Å². The second kappa shape index (κ2) is 6.72. The van der Waals surface area contributed by atoms with Gasteiger partial charge in [-0.15, -0.1) is 0 Å². The maximum absolute atomic E-state index is 9.90. The van der Waals surface area contributed by atoms with Crippen molar-refractivity contribution in [2.24, 2.45) is 5.41 Å². The van der Waals surface area contributed by atoms with Crippen LogP contribution in [0.5, 0.6) is 0 Å². The highest BCUT2D eigenvalue weighted by atomic mass is 16.5. The fourth-order valence-corrected chi connectivity index (χ4v) is 2.01. The van der Waals surface area contributed by atoms with Crippen LogP contribution in [0.25, 0.3) is 0 Å². The molecule has 0 aliphatic rings. The minimum Gasteiger partial charge on any atom is -0.392 e. The lowest BCUT2D eigenvalue weighted by atomic mass is 9.89. The number of aliphatic hydroxyl groups is 1. The molecule has 0 saturated heterocycles. The van der Waals surface area contributed by atoms with Crippen LogP contribution < -0.4 is 5.32 Å². The van der Waals surface area contributed by atoms with Crippen LogP contribution in [0, 0.1) is 5.41 Å². The molecule has 0 spiro atoms. The van der Waals surface area contributed by atoms with E-state index in [1.807, 2.05) is 0 Å². The van der Waals surface area contributed by atoms with Crippen molar-refractivity contribution in [3.05, 3.63) is 0 Å². The fraction of sp³-hybridized carbons (Fsp3) is 1.00. The summed E-state index contributed by atoms with van der Waals surface area (Å²) in [5.41, 5.74) is 0.0670. The van der Waals surface area contributed by atoms with Crippen LogP contribution in [0.4, 0.5) is 0 Å². The summed E-state index contributed by atoms with van der Waals surface area (Å²) in [7, 11) is 1.74. The van der Waals surface area contributed by atoms with Crippen molar-refractivity contribution < 1.29 is 9.84 Å². The van der Waals surface area contributed by atoms with Crippen LogP contribution in [0.2, 0.25) is 0 Å². The molecule has 104 valence electrons. The molecule has 0 aromatic rings. The summed E-state index contributed by atoms with van der Waals surface area (Å²) in [6, 6.07) is 0.347. The molecule has 0 aromatic heterocycles. The highest BCUT2D eigenvalue weighted by molar-refractivity contribution is 4.77. The van der Waals surface area contributed by atoms with Crippen LogP contribution in [-0.4, -0.2) is 36.5 Å². The lowest BCUT2D eigenvalue weighted by molar-refractivity contribution is 0.00708. The van der Waals surface area contributed by atoms with E-state index in [4.69, 9.17) is 4.74 Å². The first-order valence-corrected chi connectivity index (χ1v) is 6.52. The SMILES string of the molecule is COC(C)(C)CC(C)NCC(O)CC(C)(C)C. The molecule has 17 heavy (non-hydrogen) atoms. The topological polar surface area (TPSA) is 41.5 Å². The van der Waals surface area contributed by atoms with Gasteiger partial charge in [0.15, 0.2) is 0 Å². The molecular weight excluding hydrogens is 214 g/mol. The van der Waals surface area contributed by atoms with E-state index in [1.165, 1.54) is 0 Å². The first kappa shape index (κ1) is 16.9. The molecule has 0 aliphatic heterocycles. The molecule has 0 aromatic carbocycles. The van der Waals surface area contributed by atoms with E-state index in [0.717, 1.165) is 12.8 Å². The zero-order chi connectivity index (χ0) is 13.7. The molecule has 0 amide bonds. The lowest BCUT2D eigenvalue weighted by Crippen LogP contribution is -2.40. The molecule has 0 radical (unpaired) electrons. The molecule has 2 N–H and O–H groups in total. The van der Waals surface area contributed by atoms with Crippen LogP contribution in [0.3, 0.4) is 0 Å². The van der Waals surface area contributed by atoms with Crippen molar-refractivity contribution >= 4 is 0 Å². The molecule has 0 bridgehead atoms. The van der Waals surface area contributed by atoms with Gasteiger partial charge in [0.25, 0.3) is 0 Å². The average molecular weight is 245 g/mol. The molecule has 0 saturated carbocycles. The Kier molecular flexibility index (Phi) is 6.67. The van der Waals surface area contributed by atoms with Gasteiger partial charge >= 0.3 is 0 Å². The highest BCUT2D eigenvalue weighted by Gasteiger charge is 2.21. The number of nitrogens with one attached hydrogen (secondary N) is 1. The van der Waals surface area contributed by atoms with E-state index in [2.05, 4.69) is 46.9 Å². The number of hydrogen-bond acceptors (Lipinski definition) is 3. The normalized spacial score (nSPS) is 16.9. The summed E-state index contributed by atoms with van der Waals surface area (Å²) in [6.07, 6.45) is 1.48. The molecule has 2 unspecified atom stereocenters. The zero-order valence-electron chi connectivity index (χ0n) is 12.6. The molecule has 2 atom stereocenters. The van der Waals surface area contributed by atoms with Gasteiger partial charge in [0, 0.05) is 19.7 Å². The number of methoxy groups -OCH3 is 1. The quantitative estimate of drug-likeness (QED) is 0.724. The van der Waals surface area contributed by atoms with Gasteiger partial charge in [-0.25, -0.2) is 0 Å². The van der Waals surface area contributed by atoms with Gasteiger partial charge in [0.1, 0.15) is 0 Å². The lowest BCUT2D eigenvalue weighted by Gasteiger charge is -2.28. The van der Waals surface area contributed by atoms with E-state index in [-0.39, 0.29) is 17.1 Å². The Morgan fingerprint density at radius 3 is 2.06 bits per heavy atom. The molecule has 0 fully saturated rings. The number of ether oxygens (including phenoxy) is 1. The first-order chi connectivity index (χ1) is 7.56. The zero-order valence-corrected chi connectivity index (χ0v) is 12.6. The Hall–Kier alpha value is -0.120. The monoisotopic (exact) mass is 245 g/mol. The Balaban J connectivity index is 3.88. The molecule has 3 nitrogen and oxygen atoms in total. The van der Waals surface area contributed by atoms with Crippen molar-refractivity contribution in [2.75, 3.05) is 13.7 Å². The molecule has 0 aliphatic carbocycles. The van der Waals surface area contributed by atoms with Crippen molar-refractivity contribution in [1.82, 2.24) is 5.32 Å². The summed E-state index contributed by atoms with van der Waals surface area (Å²) in [5, 5.41) is 13.3. The third-order valence-electron chi connectivity index (χ3n) is 2.90. The first-order valence-electron chi connectivity index (χ1n) is 6.52. The minimum absolute atomic E-state index is 0.110. The predicted molar refractivity (Wildman–Crippen MR) is 73.2 cm³/mol. The maximum atomic E-state index is 9.90. The van der Waals surface area contributed by atoms with E-state index in [9.17, 15) is 5.11 Å². The van der Waals surface area contributed by atoms with Crippen molar-refractivity contribution in [2.45, 2.75) is 72.1 Å². The molecule has 0 rings (SSSR count). The second-order valence-corrected chi connectivity index (χ2v) is 6.90. The Morgan fingerprint density at radius 2 is 1.65 bits per heavy atom. The van der Waals surface area contributed by atoms with E-state index in [1.54, 1.807) is 7.11 Å². The Labute approximate surface area is 107 Å². The van der Waals surface area contributed by atoms with E-state index in [0.29, 0.717) is 12.6 Å². The van der Waals surface area contributed by atoms with Crippen molar-refractivity contribution in [3.8, 4) is 0 Å². The van der Waals surface area contributed by atoms with Crippen LogP contribution in [0.15, 0.2) is 0 Å². The number of hydrogen-bond donors (Lipinski definition) is 2. The third kappa shape index (κ3) is 9.57. The van der Waals surface area contributed by atoms with Gasteiger partial charge in [-0.2, -0.15) is 0 Å². The van der Waals surface area contributed by atoms with Crippen molar-refractivity contribution in [3.63, 3.8) is 0 Å². The standard InChI is InChI=1S/C14H31NO2/c1-11(8-14(5,6)17-7)15-10-12(16)9-13(2,3)4/h11-12,15-16H,8-10H2,1-7H3. The highest BCUT2D eigenvalue weighted by Crippen LogP contribution is 2.20. The maximum Gasteiger partial charge on any atom is 0.0669 e. The van der Waals surface area contributed by atoms with E-state index >= 15 is 0 Å². The third-order valence-corrected chi connectivity index (χ3v) is 2.90. The predicted octanol–water partition coefficient (Wildman–Crippen LogP) is 2.58. The fourth-order valence-electron chi connectivity index (χ4n) is 2.01. The van der Waals surface area contributed by atoms with Crippen LogP contribution in [-0.2, 0) is 4.74 Å². The van der Waals surface area contributed by atoms with Crippen LogP contribution >= 0.6 is 0 Å². The Bertz CT molecular complexity index is 209. The molecular formula is C14H31NO2. The Morgan fingerprint density at radius 1 is 1.12 bits per heavy atom. The molecule has 0 heterocycles. The summed E-state index contributed by atoms with van der Waals surface area (Å²) in [6.45, 7) is 13.4. The van der Waals surface area contributed by atoms with Crippen molar-refractivity contribution in [1.29, 1.82) is 0 Å².